The first-order chi connectivity index (χ1) is 12.7. The first-order valence-electron chi connectivity index (χ1n) is 8.34. The Balaban J connectivity index is 1.78. The Labute approximate surface area is 154 Å². The number of aromatic amines is 1. The van der Waals surface area contributed by atoms with Crippen LogP contribution < -0.4 is 4.74 Å². The Morgan fingerprint density at radius 3 is 3.15 bits per heavy atom. The molecule has 3 heterocycles. The Bertz CT molecular complexity index is 985. The number of hydrogen-bond donors (Lipinski definition) is 1. The van der Waals surface area contributed by atoms with Crippen molar-refractivity contribution in [2.75, 3.05) is 13.2 Å². The number of nitriles is 1. The van der Waals surface area contributed by atoms with Gasteiger partial charge in [-0.2, -0.15) is 10.4 Å². The lowest BCUT2D eigenvalue weighted by atomic mass is 10.1. The second-order valence-corrected chi connectivity index (χ2v) is 6.51. The van der Waals surface area contributed by atoms with Crippen molar-refractivity contribution >= 4 is 22.5 Å². The smallest absolute Gasteiger partial charge is 0.174 e. The van der Waals surface area contributed by atoms with Crippen molar-refractivity contribution in [2.45, 2.75) is 25.5 Å². The summed E-state index contributed by atoms with van der Waals surface area (Å²) in [5, 5.41) is 13.7. The van der Waals surface area contributed by atoms with E-state index < -0.39 is 5.82 Å². The van der Waals surface area contributed by atoms with Gasteiger partial charge in [0.25, 0.3) is 0 Å². The topological polar surface area (TPSA) is 75.9 Å². The SMILES string of the molecule is N#CCOc1cc(Cl)c(F)c2[nH]cc(-c3cnn(C4CCCCO4)c3)c12. The van der Waals surface area contributed by atoms with Gasteiger partial charge in [0.1, 0.15) is 18.0 Å². The third kappa shape index (κ3) is 2.91. The van der Waals surface area contributed by atoms with Crippen molar-refractivity contribution in [3.05, 3.63) is 35.5 Å². The molecule has 0 saturated carbocycles. The van der Waals surface area contributed by atoms with Gasteiger partial charge in [-0.05, 0) is 19.3 Å². The summed E-state index contributed by atoms with van der Waals surface area (Å²) in [7, 11) is 0. The van der Waals surface area contributed by atoms with Crippen molar-refractivity contribution < 1.29 is 13.9 Å². The highest BCUT2D eigenvalue weighted by Gasteiger charge is 2.21. The fourth-order valence-electron chi connectivity index (χ4n) is 3.24. The average molecular weight is 375 g/mol. The molecule has 6 nitrogen and oxygen atoms in total. The lowest BCUT2D eigenvalue weighted by Crippen LogP contribution is -2.18. The van der Waals surface area contributed by atoms with Gasteiger partial charge in [0.05, 0.1) is 22.1 Å². The number of H-pyrrole nitrogens is 1. The van der Waals surface area contributed by atoms with Crippen LogP contribution in [-0.4, -0.2) is 28.0 Å². The number of fused-ring (bicyclic) bond motifs is 1. The molecule has 134 valence electrons. The van der Waals surface area contributed by atoms with Crippen molar-refractivity contribution in [3.8, 4) is 22.9 Å². The molecule has 0 amide bonds. The lowest BCUT2D eigenvalue weighted by molar-refractivity contribution is -0.0394. The molecule has 3 aromatic rings. The summed E-state index contributed by atoms with van der Waals surface area (Å²) < 4.78 is 27.4. The molecular formula is C18H16ClFN4O2. The van der Waals surface area contributed by atoms with Gasteiger partial charge in [0.15, 0.2) is 12.4 Å². The predicted molar refractivity (Wildman–Crippen MR) is 94.4 cm³/mol. The second kappa shape index (κ2) is 6.98. The van der Waals surface area contributed by atoms with Gasteiger partial charge >= 0.3 is 0 Å². The molecule has 1 aliphatic rings. The molecule has 0 spiro atoms. The highest BCUT2D eigenvalue weighted by molar-refractivity contribution is 6.32. The standard InChI is InChI=1S/C18H16ClFN4O2/c19-13-7-14(25-6-4-21)16-12(9-22-18(16)17(13)20)11-8-23-24(10-11)15-3-1-2-5-26-15/h7-10,15,22H,1-3,5-6H2. The van der Waals surface area contributed by atoms with Gasteiger partial charge in [-0.25, -0.2) is 9.07 Å². The summed E-state index contributed by atoms with van der Waals surface area (Å²) in [5.41, 5.74) is 1.77. The number of hydrogen-bond acceptors (Lipinski definition) is 4. The Morgan fingerprint density at radius 2 is 2.38 bits per heavy atom. The van der Waals surface area contributed by atoms with E-state index in [1.54, 1.807) is 17.1 Å². The number of aromatic nitrogens is 3. The van der Waals surface area contributed by atoms with Gasteiger partial charge in [0.2, 0.25) is 0 Å². The largest absolute Gasteiger partial charge is 0.478 e. The zero-order chi connectivity index (χ0) is 18.1. The van der Waals surface area contributed by atoms with Gasteiger partial charge < -0.3 is 14.5 Å². The highest BCUT2D eigenvalue weighted by atomic mass is 35.5. The molecule has 0 aliphatic carbocycles. The first kappa shape index (κ1) is 16.9. The Hall–Kier alpha value is -2.56. The van der Waals surface area contributed by atoms with E-state index in [4.69, 9.17) is 26.3 Å². The number of rotatable bonds is 4. The Morgan fingerprint density at radius 1 is 1.50 bits per heavy atom. The number of halogens is 2. The lowest BCUT2D eigenvalue weighted by Gasteiger charge is -2.22. The maximum Gasteiger partial charge on any atom is 0.174 e. The maximum atomic E-state index is 14.4. The number of benzene rings is 1. The van der Waals surface area contributed by atoms with E-state index in [1.807, 2.05) is 12.3 Å². The van der Waals surface area contributed by atoms with Crippen LogP contribution >= 0.6 is 11.6 Å². The van der Waals surface area contributed by atoms with Gasteiger partial charge in [-0.3, -0.25) is 0 Å². The molecule has 1 saturated heterocycles. The normalized spacial score (nSPS) is 17.3. The second-order valence-electron chi connectivity index (χ2n) is 6.10. The third-order valence-electron chi connectivity index (χ3n) is 4.47. The molecule has 1 fully saturated rings. The number of ether oxygens (including phenoxy) is 2. The predicted octanol–water partition coefficient (Wildman–Crippen LogP) is 4.43. The summed E-state index contributed by atoms with van der Waals surface area (Å²) in [5.74, 6) is -0.203. The van der Waals surface area contributed by atoms with Crippen molar-refractivity contribution in [2.24, 2.45) is 0 Å². The van der Waals surface area contributed by atoms with Crippen LogP contribution in [0.2, 0.25) is 5.02 Å². The summed E-state index contributed by atoms with van der Waals surface area (Å²) in [4.78, 5) is 2.91. The van der Waals surface area contributed by atoms with Crippen LogP contribution in [0.5, 0.6) is 5.75 Å². The molecule has 1 aliphatic heterocycles. The van der Waals surface area contributed by atoms with E-state index >= 15 is 0 Å². The summed E-state index contributed by atoms with van der Waals surface area (Å²) in [6.45, 7) is 0.569. The molecule has 4 rings (SSSR count). The molecule has 2 aromatic heterocycles. The van der Waals surface area contributed by atoms with E-state index in [1.165, 1.54) is 6.07 Å². The van der Waals surface area contributed by atoms with Gasteiger partial charge in [-0.1, -0.05) is 11.6 Å². The minimum absolute atomic E-state index is 0.0647. The average Bonchev–Trinajstić information content (AvgIpc) is 3.31. The quantitative estimate of drug-likeness (QED) is 0.733. The Kier molecular flexibility index (Phi) is 4.53. The minimum Gasteiger partial charge on any atom is -0.478 e. The monoisotopic (exact) mass is 374 g/mol. The molecule has 1 aromatic carbocycles. The summed E-state index contributed by atoms with van der Waals surface area (Å²) in [6.07, 6.45) is 8.26. The van der Waals surface area contributed by atoms with Crippen LogP contribution in [0, 0.1) is 17.1 Å². The van der Waals surface area contributed by atoms with Crippen LogP contribution in [-0.2, 0) is 4.74 Å². The minimum atomic E-state index is -0.555. The molecule has 0 bridgehead atoms. The van der Waals surface area contributed by atoms with Crippen molar-refractivity contribution in [1.82, 2.24) is 14.8 Å². The molecule has 1 N–H and O–H groups in total. The zero-order valence-corrected chi connectivity index (χ0v) is 14.6. The third-order valence-corrected chi connectivity index (χ3v) is 4.74. The van der Waals surface area contributed by atoms with E-state index in [-0.39, 0.29) is 23.4 Å². The van der Waals surface area contributed by atoms with E-state index in [0.29, 0.717) is 11.1 Å². The number of nitrogens with zero attached hydrogens (tertiary/aromatic N) is 3. The van der Waals surface area contributed by atoms with E-state index in [9.17, 15) is 4.39 Å². The fourth-order valence-corrected chi connectivity index (χ4v) is 3.43. The molecular weight excluding hydrogens is 359 g/mol. The molecule has 8 heteroatoms. The van der Waals surface area contributed by atoms with Gasteiger partial charge in [-0.15, -0.1) is 0 Å². The zero-order valence-electron chi connectivity index (χ0n) is 13.8. The van der Waals surface area contributed by atoms with Gasteiger partial charge in [0, 0.05) is 36.2 Å². The first-order valence-corrected chi connectivity index (χ1v) is 8.72. The molecule has 0 radical (unpaired) electrons. The van der Waals surface area contributed by atoms with Crippen LogP contribution in [0.4, 0.5) is 4.39 Å². The van der Waals surface area contributed by atoms with Crippen molar-refractivity contribution in [3.63, 3.8) is 0 Å². The van der Waals surface area contributed by atoms with Crippen molar-refractivity contribution in [1.29, 1.82) is 5.26 Å². The summed E-state index contributed by atoms with van der Waals surface area (Å²) >= 11 is 5.94. The fraction of sp³-hybridized carbons (Fsp3) is 0.333. The van der Waals surface area contributed by atoms with Crippen LogP contribution in [0.25, 0.3) is 22.0 Å². The van der Waals surface area contributed by atoms with Crippen LogP contribution in [0.3, 0.4) is 0 Å². The summed E-state index contributed by atoms with van der Waals surface area (Å²) in [6, 6.07) is 3.30. The van der Waals surface area contributed by atoms with Crippen LogP contribution in [0.15, 0.2) is 24.7 Å². The number of nitrogens with one attached hydrogen (secondary N) is 1. The van der Waals surface area contributed by atoms with E-state index in [0.717, 1.165) is 37.0 Å². The van der Waals surface area contributed by atoms with Crippen LogP contribution in [0.1, 0.15) is 25.5 Å². The van der Waals surface area contributed by atoms with E-state index in [2.05, 4.69) is 10.1 Å². The highest BCUT2D eigenvalue weighted by Crippen LogP contribution is 2.39. The molecule has 26 heavy (non-hydrogen) atoms. The molecule has 1 atom stereocenters. The molecule has 1 unspecified atom stereocenters. The maximum absolute atomic E-state index is 14.4.